The van der Waals surface area contributed by atoms with Gasteiger partial charge in [0.2, 0.25) is 0 Å². The van der Waals surface area contributed by atoms with Crippen LogP contribution in [0.5, 0.6) is 0 Å². The fourth-order valence-electron chi connectivity index (χ4n) is 1.25. The van der Waals surface area contributed by atoms with Crippen LogP contribution in [0.1, 0.15) is 11.4 Å². The topological polar surface area (TPSA) is 43.6 Å². The molecule has 1 heterocycles. The molecule has 0 amide bonds. The van der Waals surface area contributed by atoms with E-state index in [1.54, 1.807) is 10.7 Å². The van der Waals surface area contributed by atoms with E-state index in [9.17, 15) is 4.39 Å². The second-order valence-corrected chi connectivity index (χ2v) is 3.28. The minimum absolute atomic E-state index is 0.238. The van der Waals surface area contributed by atoms with Crippen LogP contribution in [-0.2, 0) is 12.4 Å². The fraction of sp³-hybridized carbons (Fsp3) is 0.222. The van der Waals surface area contributed by atoms with E-state index >= 15 is 0 Å². The molecule has 0 saturated heterocycles. The van der Waals surface area contributed by atoms with Crippen LogP contribution in [0.2, 0.25) is 0 Å². The highest BCUT2D eigenvalue weighted by Gasteiger charge is 2.05. The van der Waals surface area contributed by atoms with Gasteiger partial charge in [-0.3, -0.25) is 0 Å². The molecule has 0 radical (unpaired) electrons. The van der Waals surface area contributed by atoms with Gasteiger partial charge in [0.1, 0.15) is 5.82 Å². The van der Waals surface area contributed by atoms with Gasteiger partial charge in [-0.25, -0.2) is 9.07 Å². The molecule has 2 aromatic rings. The first-order valence-corrected chi connectivity index (χ1v) is 4.88. The Morgan fingerprint density at radius 3 is 3.00 bits per heavy atom. The Hall–Kier alpha value is -1.49. The van der Waals surface area contributed by atoms with Gasteiger partial charge in [-0.1, -0.05) is 12.1 Å². The molecule has 0 N–H and O–H groups in total. The predicted octanol–water partition coefficient (Wildman–Crippen LogP) is 1.60. The van der Waals surface area contributed by atoms with Crippen molar-refractivity contribution in [3.8, 4) is 0 Å². The lowest BCUT2D eigenvalue weighted by atomic mass is 10.2. The highest BCUT2D eigenvalue weighted by molar-refractivity contribution is 6.16. The number of hydrogen-bond donors (Lipinski definition) is 0. The monoisotopic (exact) mass is 226 g/mol. The van der Waals surface area contributed by atoms with E-state index in [0.717, 1.165) is 5.56 Å². The van der Waals surface area contributed by atoms with Crippen molar-refractivity contribution in [1.82, 2.24) is 20.2 Å². The average molecular weight is 227 g/mol. The Morgan fingerprint density at radius 1 is 1.40 bits per heavy atom. The molecule has 0 atom stereocenters. The summed E-state index contributed by atoms with van der Waals surface area (Å²) in [7, 11) is 0. The van der Waals surface area contributed by atoms with Crippen molar-refractivity contribution >= 4 is 11.6 Å². The Labute approximate surface area is 90.7 Å². The van der Waals surface area contributed by atoms with Gasteiger partial charge >= 0.3 is 0 Å². The minimum Gasteiger partial charge on any atom is -0.224 e. The minimum atomic E-state index is -0.270. The van der Waals surface area contributed by atoms with Gasteiger partial charge in [0.05, 0.1) is 12.4 Å². The van der Waals surface area contributed by atoms with Gasteiger partial charge in [-0.05, 0) is 28.1 Å². The normalized spacial score (nSPS) is 10.5. The molecule has 0 aliphatic rings. The number of halogens is 2. The van der Waals surface area contributed by atoms with Crippen LogP contribution in [0.25, 0.3) is 0 Å². The van der Waals surface area contributed by atoms with E-state index in [4.69, 9.17) is 11.6 Å². The molecular formula is C9H8ClFN4. The van der Waals surface area contributed by atoms with E-state index in [2.05, 4.69) is 15.5 Å². The van der Waals surface area contributed by atoms with E-state index in [0.29, 0.717) is 12.4 Å². The summed E-state index contributed by atoms with van der Waals surface area (Å²) in [6.07, 6.45) is 0. The molecule has 0 unspecified atom stereocenters. The number of benzene rings is 1. The molecule has 0 saturated carbocycles. The highest BCUT2D eigenvalue weighted by atomic mass is 35.5. The van der Waals surface area contributed by atoms with Gasteiger partial charge in [-0.15, -0.1) is 16.7 Å². The summed E-state index contributed by atoms with van der Waals surface area (Å²) < 4.78 is 14.4. The third-order valence-electron chi connectivity index (χ3n) is 1.95. The second-order valence-electron chi connectivity index (χ2n) is 3.02. The average Bonchev–Trinajstić information content (AvgIpc) is 2.65. The van der Waals surface area contributed by atoms with Gasteiger partial charge < -0.3 is 0 Å². The number of tetrazole rings is 1. The van der Waals surface area contributed by atoms with E-state index in [1.807, 2.05) is 6.07 Å². The van der Waals surface area contributed by atoms with Crippen molar-refractivity contribution in [3.63, 3.8) is 0 Å². The van der Waals surface area contributed by atoms with E-state index in [1.165, 1.54) is 12.1 Å². The molecule has 2 rings (SSSR count). The molecular weight excluding hydrogens is 219 g/mol. The van der Waals surface area contributed by atoms with Crippen molar-refractivity contribution in [1.29, 1.82) is 0 Å². The zero-order valence-electron chi connectivity index (χ0n) is 7.77. The van der Waals surface area contributed by atoms with Crippen molar-refractivity contribution in [2.75, 3.05) is 0 Å². The highest BCUT2D eigenvalue weighted by Crippen LogP contribution is 2.06. The van der Waals surface area contributed by atoms with Gasteiger partial charge in [-0.2, -0.15) is 0 Å². The predicted molar refractivity (Wildman–Crippen MR) is 52.9 cm³/mol. The van der Waals surface area contributed by atoms with Crippen molar-refractivity contribution in [2.45, 2.75) is 12.4 Å². The molecule has 15 heavy (non-hydrogen) atoms. The molecule has 4 nitrogen and oxygen atoms in total. The van der Waals surface area contributed by atoms with Crippen LogP contribution in [0.3, 0.4) is 0 Å². The van der Waals surface area contributed by atoms with E-state index < -0.39 is 0 Å². The largest absolute Gasteiger partial charge is 0.224 e. The van der Waals surface area contributed by atoms with Crippen molar-refractivity contribution < 1.29 is 4.39 Å². The number of alkyl halides is 1. The smallest absolute Gasteiger partial charge is 0.166 e. The second kappa shape index (κ2) is 4.35. The Bertz CT molecular complexity index is 457. The zero-order chi connectivity index (χ0) is 10.7. The van der Waals surface area contributed by atoms with Crippen LogP contribution in [-0.4, -0.2) is 20.2 Å². The zero-order valence-corrected chi connectivity index (χ0v) is 8.52. The summed E-state index contributed by atoms with van der Waals surface area (Å²) in [5.74, 6) is 0.538. The summed E-state index contributed by atoms with van der Waals surface area (Å²) >= 11 is 5.63. The molecule has 0 aliphatic carbocycles. The van der Waals surface area contributed by atoms with Crippen LogP contribution >= 0.6 is 11.6 Å². The molecule has 1 aromatic heterocycles. The van der Waals surface area contributed by atoms with E-state index in [-0.39, 0.29) is 11.7 Å². The molecule has 78 valence electrons. The Kier molecular flexibility index (Phi) is 2.91. The quantitative estimate of drug-likeness (QED) is 0.747. The molecule has 0 fully saturated rings. The fourth-order valence-corrected chi connectivity index (χ4v) is 1.44. The number of aromatic nitrogens is 4. The molecule has 0 spiro atoms. The van der Waals surface area contributed by atoms with Gasteiger partial charge in [0.15, 0.2) is 5.82 Å². The lowest BCUT2D eigenvalue weighted by Crippen LogP contribution is -2.06. The van der Waals surface area contributed by atoms with Gasteiger partial charge in [0.25, 0.3) is 0 Å². The maximum Gasteiger partial charge on any atom is 0.166 e. The van der Waals surface area contributed by atoms with Crippen LogP contribution < -0.4 is 0 Å². The molecule has 1 aromatic carbocycles. The first-order valence-electron chi connectivity index (χ1n) is 4.35. The Balaban J connectivity index is 2.22. The van der Waals surface area contributed by atoms with Crippen LogP contribution in [0.15, 0.2) is 24.3 Å². The molecule has 0 bridgehead atoms. The number of nitrogens with zero attached hydrogens (tertiary/aromatic N) is 4. The first kappa shape index (κ1) is 10.0. The standard InChI is InChI=1S/C9H8ClFN4/c10-5-9-12-13-14-15(9)6-7-2-1-3-8(11)4-7/h1-4H,5-6H2. The Morgan fingerprint density at radius 2 is 2.27 bits per heavy atom. The lowest BCUT2D eigenvalue weighted by Gasteiger charge is -2.02. The number of rotatable bonds is 3. The molecule has 6 heteroatoms. The summed E-state index contributed by atoms with van der Waals surface area (Å²) in [6.45, 7) is 0.423. The maximum atomic E-state index is 12.9. The van der Waals surface area contributed by atoms with Crippen LogP contribution in [0.4, 0.5) is 4.39 Å². The van der Waals surface area contributed by atoms with Crippen molar-refractivity contribution in [2.24, 2.45) is 0 Å². The maximum absolute atomic E-state index is 12.9. The third-order valence-corrected chi connectivity index (χ3v) is 2.19. The van der Waals surface area contributed by atoms with Gasteiger partial charge in [0, 0.05) is 0 Å². The van der Waals surface area contributed by atoms with Crippen LogP contribution in [0, 0.1) is 5.82 Å². The first-order chi connectivity index (χ1) is 7.29. The number of hydrogen-bond acceptors (Lipinski definition) is 3. The molecule has 0 aliphatic heterocycles. The summed E-state index contributed by atoms with van der Waals surface area (Å²) in [6, 6.07) is 6.30. The lowest BCUT2D eigenvalue weighted by molar-refractivity contribution is 0.608. The van der Waals surface area contributed by atoms with Crippen molar-refractivity contribution in [3.05, 3.63) is 41.5 Å². The SMILES string of the molecule is Fc1cccc(Cn2nnnc2CCl)c1. The summed E-state index contributed by atoms with van der Waals surface area (Å²) in [5.41, 5.74) is 0.800. The summed E-state index contributed by atoms with van der Waals surface area (Å²) in [4.78, 5) is 0. The third kappa shape index (κ3) is 2.30. The summed E-state index contributed by atoms with van der Waals surface area (Å²) in [5, 5.41) is 11.0.